The first-order chi connectivity index (χ1) is 4.35. The summed E-state index contributed by atoms with van der Waals surface area (Å²) in [6.07, 6.45) is 3.23. The maximum atomic E-state index is 5.22. The normalized spacial score (nSPS) is 11.1. The van der Waals surface area contributed by atoms with Crippen LogP contribution in [-0.2, 0) is 9.78 Å². The van der Waals surface area contributed by atoms with Gasteiger partial charge in [-0.15, -0.1) is 0 Å². The fourth-order valence-corrected chi connectivity index (χ4v) is 0.368. The molecule has 0 aliphatic rings. The first kappa shape index (κ1) is 8.20. The van der Waals surface area contributed by atoms with Crippen LogP contribution in [0, 0.1) is 0 Å². The van der Waals surface area contributed by atoms with E-state index < -0.39 is 0 Å². The Morgan fingerprint density at radius 3 is 2.78 bits per heavy atom. The first-order valence-corrected chi connectivity index (χ1v) is 2.57. The lowest BCUT2D eigenvalue weighted by molar-refractivity contribution is -0.237. The molecule has 0 heterocycles. The molecule has 0 atom stereocenters. The van der Waals surface area contributed by atoms with Gasteiger partial charge in [0.1, 0.15) is 0 Å². The van der Waals surface area contributed by atoms with E-state index in [0.717, 1.165) is 0 Å². The molecule has 2 N–H and O–H groups in total. The molecular weight excluding hydrogens is 118 g/mol. The van der Waals surface area contributed by atoms with Crippen molar-refractivity contribution in [1.82, 2.24) is 0 Å². The fraction of sp³-hybridized carbons (Fsp3) is 0.333. The van der Waals surface area contributed by atoms with Gasteiger partial charge in [-0.3, -0.25) is 0 Å². The smallest absolute Gasteiger partial charge is 0.155 e. The predicted molar refractivity (Wildman–Crippen MR) is 35.4 cm³/mol. The number of hydrogen-bond acceptors (Lipinski definition) is 3. The topological polar surface area (TPSA) is 44.5 Å². The van der Waals surface area contributed by atoms with E-state index >= 15 is 0 Å². The maximum absolute atomic E-state index is 5.22. The lowest BCUT2D eigenvalue weighted by Crippen LogP contribution is -2.05. The molecule has 9 heavy (non-hydrogen) atoms. The summed E-state index contributed by atoms with van der Waals surface area (Å²) < 4.78 is 0. The third-order valence-electron chi connectivity index (χ3n) is 0.695. The summed E-state index contributed by atoms with van der Waals surface area (Å²) in [5.74, 6) is 0.563. The zero-order chi connectivity index (χ0) is 7.11. The summed E-state index contributed by atoms with van der Waals surface area (Å²) in [6.45, 7) is 3.78. The monoisotopic (exact) mass is 129 g/mol. The van der Waals surface area contributed by atoms with Crippen molar-refractivity contribution in [2.45, 2.75) is 0 Å². The van der Waals surface area contributed by atoms with Crippen molar-refractivity contribution >= 4 is 0 Å². The molecule has 0 fully saturated rings. The number of rotatable bonds is 4. The third kappa shape index (κ3) is 3.76. The predicted octanol–water partition coefficient (Wildman–Crippen LogP) is 0.593. The minimum Gasteiger partial charge on any atom is -0.341 e. The number of nitrogens with two attached hydrogens (primary N) is 1. The van der Waals surface area contributed by atoms with Crippen molar-refractivity contribution in [2.24, 2.45) is 5.73 Å². The van der Waals surface area contributed by atoms with Crippen molar-refractivity contribution < 1.29 is 9.78 Å². The highest BCUT2D eigenvalue weighted by atomic mass is 17.2. The first-order valence-electron chi connectivity index (χ1n) is 2.57. The van der Waals surface area contributed by atoms with E-state index in [0.29, 0.717) is 12.3 Å². The highest BCUT2D eigenvalue weighted by Crippen LogP contribution is 1.93. The molecule has 3 heteroatoms. The van der Waals surface area contributed by atoms with Crippen LogP contribution in [0.25, 0.3) is 0 Å². The van der Waals surface area contributed by atoms with E-state index in [1.165, 1.54) is 7.11 Å². The van der Waals surface area contributed by atoms with Gasteiger partial charge in [-0.05, 0) is 6.08 Å². The molecule has 0 aromatic carbocycles. The highest BCUT2D eigenvalue weighted by molar-refractivity contribution is 5.04. The Balaban J connectivity index is 3.66. The number of hydrogen-bond donors (Lipinski definition) is 1. The Morgan fingerprint density at radius 1 is 1.78 bits per heavy atom. The van der Waals surface area contributed by atoms with Gasteiger partial charge in [-0.25, -0.2) is 0 Å². The lowest BCUT2D eigenvalue weighted by atomic mass is 10.4. The molecule has 0 bridgehead atoms. The molecule has 0 saturated heterocycles. The SMILES string of the molecule is C=C/C=C(/CN)OOC. The quantitative estimate of drug-likeness (QED) is 0.261. The molecule has 3 nitrogen and oxygen atoms in total. The molecule has 0 amide bonds. The van der Waals surface area contributed by atoms with Crippen LogP contribution < -0.4 is 5.73 Å². The van der Waals surface area contributed by atoms with Gasteiger partial charge in [0.05, 0.1) is 13.7 Å². The van der Waals surface area contributed by atoms with E-state index in [9.17, 15) is 0 Å². The molecule has 0 aromatic rings. The van der Waals surface area contributed by atoms with Crippen molar-refractivity contribution in [3.63, 3.8) is 0 Å². The van der Waals surface area contributed by atoms with Gasteiger partial charge in [0, 0.05) is 0 Å². The highest BCUT2D eigenvalue weighted by Gasteiger charge is 1.89. The second kappa shape index (κ2) is 5.34. The molecule has 52 valence electrons. The van der Waals surface area contributed by atoms with Gasteiger partial charge in [0.25, 0.3) is 0 Å². The van der Waals surface area contributed by atoms with Crippen molar-refractivity contribution in [3.8, 4) is 0 Å². The minimum atomic E-state index is 0.319. The Bertz CT molecular complexity index is 110. The summed E-state index contributed by atoms with van der Waals surface area (Å²) in [5, 5.41) is 0. The number of allylic oxidation sites excluding steroid dienone is 2. The van der Waals surface area contributed by atoms with E-state index in [2.05, 4.69) is 16.4 Å². The molecule has 0 aliphatic heterocycles. The van der Waals surface area contributed by atoms with Gasteiger partial charge in [0.15, 0.2) is 5.76 Å². The van der Waals surface area contributed by atoms with Crippen LogP contribution in [0.2, 0.25) is 0 Å². The van der Waals surface area contributed by atoms with Crippen LogP contribution in [0.15, 0.2) is 24.5 Å². The van der Waals surface area contributed by atoms with E-state index in [4.69, 9.17) is 5.73 Å². The average molecular weight is 129 g/mol. The van der Waals surface area contributed by atoms with Crippen LogP contribution in [0.1, 0.15) is 0 Å². The summed E-state index contributed by atoms with van der Waals surface area (Å²) in [6, 6.07) is 0. The van der Waals surface area contributed by atoms with Crippen LogP contribution in [0.4, 0.5) is 0 Å². The van der Waals surface area contributed by atoms with Crippen LogP contribution in [0.5, 0.6) is 0 Å². The average Bonchev–Trinajstić information content (AvgIpc) is 1.88. The molecule has 0 radical (unpaired) electrons. The molecule has 0 spiro atoms. The van der Waals surface area contributed by atoms with Crippen molar-refractivity contribution in [3.05, 3.63) is 24.5 Å². The molecule has 0 unspecified atom stereocenters. The minimum absolute atomic E-state index is 0.319. The lowest BCUT2D eigenvalue weighted by Gasteiger charge is -2.00. The van der Waals surface area contributed by atoms with Crippen LogP contribution in [-0.4, -0.2) is 13.7 Å². The van der Waals surface area contributed by atoms with E-state index in [1.807, 2.05) is 0 Å². The van der Waals surface area contributed by atoms with Gasteiger partial charge in [-0.1, -0.05) is 12.7 Å². The Labute approximate surface area is 54.7 Å². The van der Waals surface area contributed by atoms with E-state index in [-0.39, 0.29) is 0 Å². The molecule has 0 aliphatic carbocycles. The molecule has 0 saturated carbocycles. The second-order valence-corrected chi connectivity index (χ2v) is 1.32. The van der Waals surface area contributed by atoms with Gasteiger partial charge in [-0.2, -0.15) is 4.89 Å². The van der Waals surface area contributed by atoms with Crippen molar-refractivity contribution in [1.29, 1.82) is 0 Å². The second-order valence-electron chi connectivity index (χ2n) is 1.32. The maximum Gasteiger partial charge on any atom is 0.155 e. The van der Waals surface area contributed by atoms with Crippen LogP contribution >= 0.6 is 0 Å². The Kier molecular flexibility index (Phi) is 4.86. The van der Waals surface area contributed by atoms with E-state index in [1.54, 1.807) is 12.2 Å². The van der Waals surface area contributed by atoms with Gasteiger partial charge >= 0.3 is 0 Å². The molecule has 0 rings (SSSR count). The summed E-state index contributed by atoms with van der Waals surface area (Å²) in [5.41, 5.74) is 5.22. The largest absolute Gasteiger partial charge is 0.341 e. The van der Waals surface area contributed by atoms with Gasteiger partial charge in [0.2, 0.25) is 0 Å². The fourth-order valence-electron chi connectivity index (χ4n) is 0.368. The van der Waals surface area contributed by atoms with Crippen LogP contribution in [0.3, 0.4) is 0 Å². The zero-order valence-electron chi connectivity index (χ0n) is 5.46. The summed E-state index contributed by atoms with van der Waals surface area (Å²) >= 11 is 0. The molecule has 0 aromatic heterocycles. The third-order valence-corrected chi connectivity index (χ3v) is 0.695. The summed E-state index contributed by atoms with van der Waals surface area (Å²) in [7, 11) is 1.42. The van der Waals surface area contributed by atoms with Gasteiger partial charge < -0.3 is 10.6 Å². The summed E-state index contributed by atoms with van der Waals surface area (Å²) in [4.78, 5) is 8.95. The zero-order valence-corrected chi connectivity index (χ0v) is 5.46. The van der Waals surface area contributed by atoms with Crippen molar-refractivity contribution in [2.75, 3.05) is 13.7 Å². The Morgan fingerprint density at radius 2 is 2.44 bits per heavy atom. The Hall–Kier alpha value is -0.800. The molecular formula is C6H11NO2. The standard InChI is InChI=1S/C6H11NO2/c1-3-4-6(5-7)9-8-2/h3-4H,1,5,7H2,2H3/b6-4-.